The maximum absolute atomic E-state index is 13.2. The van der Waals surface area contributed by atoms with Gasteiger partial charge in [-0.15, -0.1) is 0 Å². The van der Waals surface area contributed by atoms with Crippen LogP contribution in [-0.4, -0.2) is 66.4 Å². The van der Waals surface area contributed by atoms with Gasteiger partial charge in [0.05, 0.1) is 25.8 Å². The highest BCUT2D eigenvalue weighted by atomic mass is 16.5. The van der Waals surface area contributed by atoms with E-state index in [4.69, 9.17) is 9.47 Å². The second kappa shape index (κ2) is 16.2. The minimum Gasteiger partial charge on any atom is -0.491 e. The van der Waals surface area contributed by atoms with Gasteiger partial charge in [0.1, 0.15) is 18.4 Å². The number of benzene rings is 1. The van der Waals surface area contributed by atoms with Crippen LogP contribution >= 0.6 is 0 Å². The number of amides is 3. The fourth-order valence-electron chi connectivity index (χ4n) is 5.19. The number of aliphatic hydroxyl groups is 1. The average Bonchev–Trinajstić information content (AvgIpc) is 3.16. The van der Waals surface area contributed by atoms with Crippen molar-refractivity contribution in [3.05, 3.63) is 29.8 Å². The number of fused-ring (bicyclic) bond motifs is 1. The van der Waals surface area contributed by atoms with E-state index in [1.165, 1.54) is 6.42 Å². The van der Waals surface area contributed by atoms with E-state index in [0.29, 0.717) is 45.1 Å². The smallest absolute Gasteiger partial charge is 0.407 e. The fraction of sp³-hybridized carbons (Fsp3) is 0.690. The van der Waals surface area contributed by atoms with Gasteiger partial charge in [0, 0.05) is 18.5 Å². The van der Waals surface area contributed by atoms with Crippen molar-refractivity contribution in [3.63, 3.8) is 0 Å². The average molecular weight is 532 g/mol. The van der Waals surface area contributed by atoms with E-state index in [1.807, 2.05) is 24.3 Å². The van der Waals surface area contributed by atoms with E-state index in [1.54, 1.807) is 4.90 Å². The largest absolute Gasteiger partial charge is 0.491 e. The summed E-state index contributed by atoms with van der Waals surface area (Å²) in [6, 6.07) is 6.37. The summed E-state index contributed by atoms with van der Waals surface area (Å²) in [5.41, 5.74) is 0.962. The minimum absolute atomic E-state index is 0.0504. The summed E-state index contributed by atoms with van der Waals surface area (Å²) in [6.07, 6.45) is 8.79. The molecule has 212 valence electrons. The van der Waals surface area contributed by atoms with Crippen LogP contribution in [0.25, 0.3) is 0 Å². The van der Waals surface area contributed by atoms with Crippen molar-refractivity contribution >= 4 is 17.9 Å². The van der Waals surface area contributed by atoms with Gasteiger partial charge in [-0.1, -0.05) is 70.1 Å². The molecule has 3 N–H and O–H groups in total. The second-order valence-corrected chi connectivity index (χ2v) is 10.5. The molecule has 1 fully saturated rings. The van der Waals surface area contributed by atoms with Crippen molar-refractivity contribution in [1.82, 2.24) is 15.5 Å². The summed E-state index contributed by atoms with van der Waals surface area (Å²) in [5.74, 6) is 0.765. The van der Waals surface area contributed by atoms with Crippen molar-refractivity contribution in [2.75, 3.05) is 26.4 Å². The van der Waals surface area contributed by atoms with Crippen molar-refractivity contribution in [1.29, 1.82) is 0 Å². The summed E-state index contributed by atoms with van der Waals surface area (Å²) in [7, 11) is 0. The number of rotatable bonds is 13. The number of nitrogens with one attached hydrogen (secondary N) is 2. The van der Waals surface area contributed by atoms with Gasteiger partial charge in [0.15, 0.2) is 0 Å². The fourth-order valence-corrected chi connectivity index (χ4v) is 5.19. The molecule has 9 nitrogen and oxygen atoms in total. The Hall–Kier alpha value is -2.81. The molecule has 1 aliphatic carbocycles. The lowest BCUT2D eigenvalue weighted by Crippen LogP contribution is -2.51. The lowest BCUT2D eigenvalue weighted by molar-refractivity contribution is -0.132. The van der Waals surface area contributed by atoms with Gasteiger partial charge in [-0.25, -0.2) is 4.79 Å². The van der Waals surface area contributed by atoms with Gasteiger partial charge in [-0.2, -0.15) is 0 Å². The Morgan fingerprint density at radius 3 is 2.68 bits per heavy atom. The number of hydrogen-bond acceptors (Lipinski definition) is 6. The van der Waals surface area contributed by atoms with Crippen LogP contribution in [0.3, 0.4) is 0 Å². The second-order valence-electron chi connectivity index (χ2n) is 10.5. The number of alkyl carbamates (subject to hydrolysis) is 1. The predicted octanol–water partition coefficient (Wildman–Crippen LogP) is 3.92. The van der Waals surface area contributed by atoms with Crippen molar-refractivity contribution < 1.29 is 29.0 Å². The highest BCUT2D eigenvalue weighted by molar-refractivity contribution is 5.86. The Labute approximate surface area is 226 Å². The molecule has 0 radical (unpaired) electrons. The van der Waals surface area contributed by atoms with Crippen molar-refractivity contribution in [3.8, 4) is 5.75 Å². The number of unbranched alkanes of at least 4 members (excludes halogenated alkanes) is 2. The molecule has 0 spiro atoms. The van der Waals surface area contributed by atoms with Crippen LogP contribution in [0.4, 0.5) is 4.79 Å². The molecule has 0 saturated heterocycles. The van der Waals surface area contributed by atoms with Crippen molar-refractivity contribution in [2.45, 2.75) is 96.2 Å². The molecule has 1 aliphatic heterocycles. The van der Waals surface area contributed by atoms with Gasteiger partial charge in [0.25, 0.3) is 0 Å². The summed E-state index contributed by atoms with van der Waals surface area (Å²) in [6.45, 7) is 3.49. The van der Waals surface area contributed by atoms with Crippen LogP contribution in [0, 0.1) is 5.92 Å². The van der Waals surface area contributed by atoms with Gasteiger partial charge in [0.2, 0.25) is 11.8 Å². The number of ether oxygens (including phenoxy) is 2. The van der Waals surface area contributed by atoms with Crippen LogP contribution in [0.5, 0.6) is 5.75 Å². The van der Waals surface area contributed by atoms with Crippen molar-refractivity contribution in [2.24, 2.45) is 5.92 Å². The highest BCUT2D eigenvalue weighted by Crippen LogP contribution is 2.27. The molecule has 1 aromatic carbocycles. The molecule has 3 rings (SSSR count). The van der Waals surface area contributed by atoms with Gasteiger partial charge in [-0.3, -0.25) is 9.59 Å². The third-order valence-corrected chi connectivity index (χ3v) is 7.46. The third kappa shape index (κ3) is 9.82. The molecule has 1 saturated carbocycles. The molecule has 1 heterocycles. The summed E-state index contributed by atoms with van der Waals surface area (Å²) < 4.78 is 11.0. The molecule has 0 unspecified atom stereocenters. The first-order valence-electron chi connectivity index (χ1n) is 14.3. The Bertz CT molecular complexity index is 889. The standard InChI is InChI=1S/C29H45N3O6/c1-2-3-9-17-38-29(36)31-25(19-22-10-5-4-6-11-22)28(35)30-24(21-33)14-15-27(34)32-16-18-37-26-13-8-7-12-23(26)20-32/h7-8,12-13,22,24-25,33H,2-6,9-11,14-21H2,1H3,(H,30,35)(H,31,36)/t24-,25-/m0/s1. The predicted molar refractivity (Wildman–Crippen MR) is 145 cm³/mol. The first-order chi connectivity index (χ1) is 18.5. The molecule has 3 amide bonds. The van der Waals surface area contributed by atoms with E-state index in [0.717, 1.165) is 56.3 Å². The molecular weight excluding hydrogens is 486 g/mol. The first-order valence-corrected chi connectivity index (χ1v) is 14.3. The molecule has 38 heavy (non-hydrogen) atoms. The molecule has 0 aromatic heterocycles. The summed E-state index contributed by atoms with van der Waals surface area (Å²) in [5, 5.41) is 15.6. The number of carbonyl (C=O) groups is 3. The zero-order valence-corrected chi connectivity index (χ0v) is 22.8. The Morgan fingerprint density at radius 1 is 1.13 bits per heavy atom. The number of carbonyl (C=O) groups excluding carboxylic acids is 3. The van der Waals surface area contributed by atoms with E-state index in [2.05, 4.69) is 17.6 Å². The van der Waals surface area contributed by atoms with Crippen LogP contribution in [0.2, 0.25) is 0 Å². The zero-order valence-electron chi connectivity index (χ0n) is 22.8. The Morgan fingerprint density at radius 2 is 1.92 bits per heavy atom. The van der Waals surface area contributed by atoms with E-state index in [-0.39, 0.29) is 24.8 Å². The molecule has 9 heteroatoms. The Balaban J connectivity index is 1.52. The molecule has 2 atom stereocenters. The minimum atomic E-state index is -0.735. The third-order valence-electron chi connectivity index (χ3n) is 7.46. The van der Waals surface area contributed by atoms with E-state index < -0.39 is 18.2 Å². The van der Waals surface area contributed by atoms with Crippen LogP contribution in [0.15, 0.2) is 24.3 Å². The topological polar surface area (TPSA) is 117 Å². The SMILES string of the molecule is CCCCCOC(=O)N[C@@H](CC1CCCCC1)C(=O)N[C@H](CO)CCC(=O)N1CCOc2ccccc2C1. The molecule has 0 bridgehead atoms. The van der Waals surface area contributed by atoms with E-state index in [9.17, 15) is 19.5 Å². The summed E-state index contributed by atoms with van der Waals surface area (Å²) in [4.78, 5) is 40.3. The number of para-hydroxylation sites is 1. The zero-order chi connectivity index (χ0) is 27.2. The van der Waals surface area contributed by atoms with Crippen LogP contribution < -0.4 is 15.4 Å². The molecule has 2 aliphatic rings. The maximum Gasteiger partial charge on any atom is 0.407 e. The molecular formula is C29H45N3O6. The number of nitrogens with zero attached hydrogens (tertiary/aromatic N) is 1. The lowest BCUT2D eigenvalue weighted by Gasteiger charge is -2.28. The lowest BCUT2D eigenvalue weighted by atomic mass is 9.84. The van der Waals surface area contributed by atoms with Gasteiger partial charge < -0.3 is 30.1 Å². The van der Waals surface area contributed by atoms with Crippen LogP contribution in [0.1, 0.15) is 83.1 Å². The number of hydrogen-bond donors (Lipinski definition) is 3. The van der Waals surface area contributed by atoms with Gasteiger partial charge in [-0.05, 0) is 31.2 Å². The Kier molecular flexibility index (Phi) is 12.7. The summed E-state index contributed by atoms with van der Waals surface area (Å²) >= 11 is 0. The normalized spacial score (nSPS) is 17.4. The maximum atomic E-state index is 13.2. The van der Waals surface area contributed by atoms with Gasteiger partial charge >= 0.3 is 6.09 Å². The highest BCUT2D eigenvalue weighted by Gasteiger charge is 2.28. The first kappa shape index (κ1) is 29.7. The van der Waals surface area contributed by atoms with E-state index >= 15 is 0 Å². The number of aliphatic hydroxyl groups excluding tert-OH is 1. The van der Waals surface area contributed by atoms with Crippen LogP contribution in [-0.2, 0) is 20.9 Å². The molecule has 1 aromatic rings. The quantitative estimate of drug-likeness (QED) is 0.332. The monoisotopic (exact) mass is 531 g/mol.